The van der Waals surface area contributed by atoms with Gasteiger partial charge >= 0.3 is 0 Å². The van der Waals surface area contributed by atoms with Crippen molar-refractivity contribution in [2.45, 2.75) is 13.0 Å². The van der Waals surface area contributed by atoms with E-state index in [1.807, 2.05) is 6.07 Å². The van der Waals surface area contributed by atoms with Gasteiger partial charge in [0.1, 0.15) is 30.3 Å². The maximum Gasteiger partial charge on any atom is 0.150 e. The molecule has 4 heteroatoms. The molecule has 2 nitrogen and oxygen atoms in total. The summed E-state index contributed by atoms with van der Waals surface area (Å²) in [5.74, 6) is -0.0530. The van der Waals surface area contributed by atoms with Gasteiger partial charge in [-0.25, -0.2) is 8.78 Å². The van der Waals surface area contributed by atoms with Crippen LogP contribution in [0.4, 0.5) is 8.78 Å². The number of carbonyl (C=O) groups is 1. The van der Waals surface area contributed by atoms with Crippen molar-refractivity contribution in [1.82, 2.24) is 0 Å². The van der Waals surface area contributed by atoms with Crippen molar-refractivity contribution in [3.8, 4) is 5.75 Å². The lowest BCUT2D eigenvalue weighted by Gasteiger charge is -2.13. The van der Waals surface area contributed by atoms with Crippen molar-refractivity contribution in [1.29, 1.82) is 0 Å². The summed E-state index contributed by atoms with van der Waals surface area (Å²) in [5, 5.41) is 0. The normalized spacial score (nSPS) is 10.5. The number of carbonyl (C=O) groups excluding carboxylic acids is 1. The van der Waals surface area contributed by atoms with Crippen molar-refractivity contribution in [2.75, 3.05) is 0 Å². The van der Waals surface area contributed by atoms with Crippen molar-refractivity contribution < 1.29 is 18.3 Å². The van der Waals surface area contributed by atoms with Crippen molar-refractivity contribution in [2.24, 2.45) is 0 Å². The average molecular weight is 338 g/mol. The molecule has 0 saturated heterocycles. The van der Waals surface area contributed by atoms with Gasteiger partial charge in [0.15, 0.2) is 0 Å². The fourth-order valence-corrected chi connectivity index (χ4v) is 2.61. The van der Waals surface area contributed by atoms with Crippen LogP contribution in [-0.2, 0) is 13.0 Å². The van der Waals surface area contributed by atoms with E-state index < -0.39 is 0 Å². The Morgan fingerprint density at radius 1 is 0.840 bits per heavy atom. The summed E-state index contributed by atoms with van der Waals surface area (Å²) in [5.41, 5.74) is 2.77. The molecular weight excluding hydrogens is 322 g/mol. The zero-order chi connectivity index (χ0) is 17.6. The minimum atomic E-state index is -0.322. The third-order valence-corrected chi connectivity index (χ3v) is 3.79. The highest BCUT2D eigenvalue weighted by molar-refractivity contribution is 5.75. The lowest BCUT2D eigenvalue weighted by molar-refractivity contribution is 0.112. The van der Waals surface area contributed by atoms with E-state index in [0.717, 1.165) is 17.4 Å². The van der Waals surface area contributed by atoms with E-state index in [9.17, 15) is 13.6 Å². The van der Waals surface area contributed by atoms with Gasteiger partial charge in [0.2, 0.25) is 0 Å². The lowest BCUT2D eigenvalue weighted by Crippen LogP contribution is -2.01. The molecule has 3 aromatic carbocycles. The van der Waals surface area contributed by atoms with Crippen LogP contribution in [0.5, 0.6) is 5.75 Å². The number of hydrogen-bond donors (Lipinski definition) is 0. The molecule has 0 heterocycles. The average Bonchev–Trinajstić information content (AvgIpc) is 2.60. The van der Waals surface area contributed by atoms with Gasteiger partial charge in [-0.1, -0.05) is 24.3 Å². The number of hydrogen-bond acceptors (Lipinski definition) is 2. The predicted octanol–water partition coefficient (Wildman–Crippen LogP) is 4.95. The Hall–Kier alpha value is -3.01. The SMILES string of the molecule is O=Cc1ccc(OCc2cccc(F)c2)c(Cc2cccc(F)c2)c1. The van der Waals surface area contributed by atoms with Gasteiger partial charge in [0.05, 0.1) is 0 Å². The van der Waals surface area contributed by atoms with Crippen LogP contribution >= 0.6 is 0 Å². The molecule has 0 N–H and O–H groups in total. The zero-order valence-electron chi connectivity index (χ0n) is 13.4. The Morgan fingerprint density at radius 2 is 1.52 bits per heavy atom. The van der Waals surface area contributed by atoms with Crippen molar-refractivity contribution >= 4 is 6.29 Å². The molecule has 0 aliphatic carbocycles. The molecule has 0 aromatic heterocycles. The van der Waals surface area contributed by atoms with Crippen LogP contribution in [0.15, 0.2) is 66.7 Å². The highest BCUT2D eigenvalue weighted by atomic mass is 19.1. The maximum atomic E-state index is 13.4. The molecule has 0 amide bonds. The van der Waals surface area contributed by atoms with Crippen LogP contribution in [0, 0.1) is 11.6 Å². The van der Waals surface area contributed by atoms with Crippen molar-refractivity contribution in [3.63, 3.8) is 0 Å². The van der Waals surface area contributed by atoms with E-state index >= 15 is 0 Å². The summed E-state index contributed by atoms with van der Waals surface area (Å²) in [6, 6.07) is 17.5. The molecule has 0 atom stereocenters. The minimum Gasteiger partial charge on any atom is -0.489 e. The molecule has 126 valence electrons. The quantitative estimate of drug-likeness (QED) is 0.595. The van der Waals surface area contributed by atoms with Gasteiger partial charge < -0.3 is 4.74 Å². The molecule has 0 aliphatic rings. The standard InChI is InChI=1S/C21H16F2O2/c22-19-5-1-3-15(11-19)9-18-10-16(13-24)7-8-21(18)25-14-17-4-2-6-20(23)12-17/h1-8,10-13H,9,14H2. The smallest absolute Gasteiger partial charge is 0.150 e. The summed E-state index contributed by atoms with van der Waals surface area (Å²) >= 11 is 0. The van der Waals surface area contributed by atoms with Gasteiger partial charge in [0, 0.05) is 12.0 Å². The molecule has 0 fully saturated rings. The summed E-state index contributed by atoms with van der Waals surface area (Å²) in [6.07, 6.45) is 1.18. The van der Waals surface area contributed by atoms with Crippen molar-refractivity contribution in [3.05, 3.63) is 101 Å². The monoisotopic (exact) mass is 338 g/mol. The Labute approximate surface area is 144 Å². The highest BCUT2D eigenvalue weighted by Crippen LogP contribution is 2.24. The van der Waals surface area contributed by atoms with E-state index in [1.54, 1.807) is 36.4 Å². The second-order valence-electron chi connectivity index (χ2n) is 5.71. The van der Waals surface area contributed by atoms with Gasteiger partial charge in [-0.2, -0.15) is 0 Å². The largest absolute Gasteiger partial charge is 0.489 e. The predicted molar refractivity (Wildman–Crippen MR) is 91.8 cm³/mol. The first-order valence-corrected chi connectivity index (χ1v) is 7.84. The number of ether oxygens (including phenoxy) is 1. The Morgan fingerprint density at radius 3 is 2.20 bits per heavy atom. The summed E-state index contributed by atoms with van der Waals surface area (Å²) < 4.78 is 32.5. The number of rotatable bonds is 6. The van der Waals surface area contributed by atoms with Crippen LogP contribution < -0.4 is 4.74 Å². The molecule has 0 unspecified atom stereocenters. The fourth-order valence-electron chi connectivity index (χ4n) is 2.61. The summed E-state index contributed by atoms with van der Waals surface area (Å²) in [4.78, 5) is 11.1. The van der Waals surface area contributed by atoms with Crippen LogP contribution in [0.25, 0.3) is 0 Å². The van der Waals surface area contributed by atoms with Gasteiger partial charge in [0.25, 0.3) is 0 Å². The Bertz CT molecular complexity index is 891. The van der Waals surface area contributed by atoms with Crippen LogP contribution in [0.1, 0.15) is 27.0 Å². The topological polar surface area (TPSA) is 26.3 Å². The molecule has 25 heavy (non-hydrogen) atoms. The molecule has 3 aromatic rings. The Kier molecular flexibility index (Phi) is 5.19. The molecule has 3 rings (SSSR count). The Balaban J connectivity index is 1.84. The number of halogens is 2. The first kappa shape index (κ1) is 16.8. The highest BCUT2D eigenvalue weighted by Gasteiger charge is 2.08. The third-order valence-electron chi connectivity index (χ3n) is 3.79. The maximum absolute atomic E-state index is 13.4. The summed E-state index contributed by atoms with van der Waals surface area (Å²) in [7, 11) is 0. The first-order chi connectivity index (χ1) is 12.1. The third kappa shape index (κ3) is 4.51. The van der Waals surface area contributed by atoms with Crippen LogP contribution in [0.3, 0.4) is 0 Å². The molecule has 0 aliphatic heterocycles. The van der Waals surface area contributed by atoms with E-state index in [0.29, 0.717) is 23.3 Å². The second-order valence-corrected chi connectivity index (χ2v) is 5.71. The number of aldehydes is 1. The zero-order valence-corrected chi connectivity index (χ0v) is 13.4. The summed E-state index contributed by atoms with van der Waals surface area (Å²) in [6.45, 7) is 0.203. The van der Waals surface area contributed by atoms with Gasteiger partial charge in [-0.3, -0.25) is 4.79 Å². The second kappa shape index (κ2) is 7.71. The van der Waals surface area contributed by atoms with E-state index in [2.05, 4.69) is 0 Å². The van der Waals surface area contributed by atoms with Gasteiger partial charge in [-0.05, 0) is 59.2 Å². The fraction of sp³-hybridized carbons (Fsp3) is 0.0952. The lowest BCUT2D eigenvalue weighted by atomic mass is 10.0. The molecular formula is C21H16F2O2. The molecule has 0 spiro atoms. The molecule has 0 saturated carbocycles. The van der Waals surface area contributed by atoms with E-state index in [-0.39, 0.29) is 18.2 Å². The van der Waals surface area contributed by atoms with Crippen LogP contribution in [-0.4, -0.2) is 6.29 Å². The van der Waals surface area contributed by atoms with Gasteiger partial charge in [-0.15, -0.1) is 0 Å². The molecule has 0 radical (unpaired) electrons. The van der Waals surface area contributed by atoms with E-state index in [4.69, 9.17) is 4.74 Å². The van der Waals surface area contributed by atoms with E-state index in [1.165, 1.54) is 24.3 Å². The first-order valence-electron chi connectivity index (χ1n) is 7.84. The minimum absolute atomic E-state index is 0.203. The molecule has 0 bridgehead atoms. The van der Waals surface area contributed by atoms with Crippen LogP contribution in [0.2, 0.25) is 0 Å². The number of benzene rings is 3.